The molecular formula is C25H24N4O6S. The van der Waals surface area contributed by atoms with Gasteiger partial charge in [-0.15, -0.1) is 0 Å². The van der Waals surface area contributed by atoms with Crippen molar-refractivity contribution in [2.45, 2.75) is 24.3 Å². The zero-order chi connectivity index (χ0) is 25.3. The van der Waals surface area contributed by atoms with Crippen molar-refractivity contribution in [2.24, 2.45) is 5.92 Å². The molecular weight excluding hydrogens is 484 g/mol. The number of ether oxygens (including phenoxy) is 3. The number of methoxy groups -OCH3 is 3. The molecule has 0 aliphatic heterocycles. The van der Waals surface area contributed by atoms with Gasteiger partial charge >= 0.3 is 0 Å². The molecule has 0 radical (unpaired) electrons. The van der Waals surface area contributed by atoms with Gasteiger partial charge in [-0.25, -0.2) is 8.42 Å². The summed E-state index contributed by atoms with van der Waals surface area (Å²) in [4.78, 5) is -0.180. The number of rotatable bonds is 8. The number of hydrogen-bond donors (Lipinski definition) is 1. The molecule has 11 heteroatoms. The lowest BCUT2D eigenvalue weighted by Crippen LogP contribution is -2.16. The number of sulfonamides is 1. The van der Waals surface area contributed by atoms with Crippen molar-refractivity contribution in [3.8, 4) is 29.1 Å². The zero-order valence-electron chi connectivity index (χ0n) is 19.9. The van der Waals surface area contributed by atoms with Gasteiger partial charge < -0.3 is 18.7 Å². The van der Waals surface area contributed by atoms with E-state index in [2.05, 4.69) is 26.8 Å². The number of nitrogens with zero attached hydrogens (tertiary/aromatic N) is 3. The van der Waals surface area contributed by atoms with Crippen LogP contribution in [0, 0.1) is 17.8 Å². The minimum atomic E-state index is -4.24. The van der Waals surface area contributed by atoms with Gasteiger partial charge in [0.05, 0.1) is 33.4 Å². The Hall–Kier alpha value is -4.17. The Kier molecular flexibility index (Phi) is 6.20. The highest BCUT2D eigenvalue weighted by molar-refractivity contribution is 7.93. The second-order valence-corrected chi connectivity index (χ2v) is 9.85. The van der Waals surface area contributed by atoms with Crippen molar-refractivity contribution in [1.29, 1.82) is 0 Å². The van der Waals surface area contributed by atoms with Crippen LogP contribution in [0.2, 0.25) is 0 Å². The maximum Gasteiger partial charge on any atom is 0.270 e. The molecule has 1 saturated carbocycles. The maximum atomic E-state index is 13.6. The molecule has 1 N–H and O–H groups in total. The van der Waals surface area contributed by atoms with E-state index in [1.807, 2.05) is 12.3 Å². The second kappa shape index (κ2) is 9.47. The molecule has 2 aromatic carbocycles. The summed E-state index contributed by atoms with van der Waals surface area (Å²) in [7, 11) is 0.0327. The van der Waals surface area contributed by atoms with E-state index in [9.17, 15) is 8.42 Å². The zero-order valence-corrected chi connectivity index (χ0v) is 20.8. The van der Waals surface area contributed by atoms with Crippen LogP contribution in [-0.2, 0) is 16.6 Å². The quantitative estimate of drug-likeness (QED) is 0.358. The standard InChI is InChI=1S/C25H24N4O6S/c1-32-19-10-9-18(8-7-16-5-6-16)23(34-3)24(19)36(30,31)28-25-22-20(33-2)13-17(14-21(22)35-27-25)15-29-12-4-11-26-29/h4,9-14,16H,5-6,15H2,1-3H3,(H,27,28). The molecule has 0 atom stereocenters. The third-order valence-electron chi connectivity index (χ3n) is 5.71. The molecule has 0 bridgehead atoms. The van der Waals surface area contributed by atoms with Gasteiger partial charge in [0.2, 0.25) is 0 Å². The van der Waals surface area contributed by atoms with Crippen molar-refractivity contribution < 1.29 is 27.2 Å². The van der Waals surface area contributed by atoms with Crippen molar-refractivity contribution in [1.82, 2.24) is 14.9 Å². The monoisotopic (exact) mass is 508 g/mol. The average molecular weight is 509 g/mol. The van der Waals surface area contributed by atoms with Gasteiger partial charge in [0.1, 0.15) is 16.9 Å². The first kappa shape index (κ1) is 23.6. The molecule has 0 amide bonds. The SMILES string of the molecule is COc1ccc(C#CC2CC2)c(OC)c1S(=O)(=O)Nc1noc2cc(Cn3cccn3)cc(OC)c12. The Bertz CT molecular complexity index is 1580. The summed E-state index contributed by atoms with van der Waals surface area (Å²) in [5.74, 6) is 7.09. The van der Waals surface area contributed by atoms with Crippen LogP contribution < -0.4 is 18.9 Å². The van der Waals surface area contributed by atoms with Crippen LogP contribution in [0.1, 0.15) is 24.0 Å². The Morgan fingerprint density at radius 1 is 1.14 bits per heavy atom. The van der Waals surface area contributed by atoms with Crippen LogP contribution in [-0.4, -0.2) is 44.7 Å². The number of hydrogen-bond acceptors (Lipinski definition) is 8. The number of nitrogens with one attached hydrogen (secondary N) is 1. The van der Waals surface area contributed by atoms with Crippen molar-refractivity contribution in [3.63, 3.8) is 0 Å². The summed E-state index contributed by atoms with van der Waals surface area (Å²) in [5, 5.41) is 8.56. The van der Waals surface area contributed by atoms with Crippen LogP contribution in [0.15, 0.2) is 52.1 Å². The van der Waals surface area contributed by atoms with Crippen LogP contribution in [0.4, 0.5) is 5.82 Å². The average Bonchev–Trinajstić information content (AvgIpc) is 3.42. The van der Waals surface area contributed by atoms with E-state index in [0.717, 1.165) is 18.4 Å². The molecule has 1 aliphatic carbocycles. The summed E-state index contributed by atoms with van der Waals surface area (Å²) in [6, 6.07) is 8.61. The van der Waals surface area contributed by atoms with Crippen LogP contribution >= 0.6 is 0 Å². The minimum absolute atomic E-state index is 0.0222. The summed E-state index contributed by atoms with van der Waals surface area (Å²) in [6.07, 6.45) is 5.61. The first-order valence-corrected chi connectivity index (χ1v) is 12.6. The molecule has 0 unspecified atom stereocenters. The van der Waals surface area contributed by atoms with E-state index >= 15 is 0 Å². The van der Waals surface area contributed by atoms with Gasteiger partial charge in [0.25, 0.3) is 10.0 Å². The Morgan fingerprint density at radius 3 is 2.61 bits per heavy atom. The van der Waals surface area contributed by atoms with Gasteiger partial charge in [0.15, 0.2) is 22.0 Å². The van der Waals surface area contributed by atoms with E-state index < -0.39 is 10.0 Å². The largest absolute Gasteiger partial charge is 0.496 e. The summed E-state index contributed by atoms with van der Waals surface area (Å²) >= 11 is 0. The molecule has 186 valence electrons. The molecule has 1 aliphatic rings. The fraction of sp³-hybridized carbons (Fsp3) is 0.280. The Balaban J connectivity index is 1.55. The van der Waals surface area contributed by atoms with Gasteiger partial charge in [-0.3, -0.25) is 9.40 Å². The fourth-order valence-electron chi connectivity index (χ4n) is 3.84. The van der Waals surface area contributed by atoms with E-state index in [-0.39, 0.29) is 22.2 Å². The molecule has 5 rings (SSSR count). The molecule has 2 aromatic heterocycles. The summed E-state index contributed by atoms with van der Waals surface area (Å²) < 4.78 is 53.4. The Labute approximate surface area is 208 Å². The van der Waals surface area contributed by atoms with Gasteiger partial charge in [-0.1, -0.05) is 17.0 Å². The van der Waals surface area contributed by atoms with E-state index in [4.69, 9.17) is 18.7 Å². The molecule has 1 fully saturated rings. The van der Waals surface area contributed by atoms with Crippen molar-refractivity contribution >= 4 is 26.8 Å². The number of fused-ring (bicyclic) bond motifs is 1. The second-order valence-electron chi connectivity index (χ2n) is 8.23. The van der Waals surface area contributed by atoms with Gasteiger partial charge in [0, 0.05) is 18.3 Å². The first-order valence-electron chi connectivity index (χ1n) is 11.2. The van der Waals surface area contributed by atoms with E-state index in [1.54, 1.807) is 35.1 Å². The van der Waals surface area contributed by atoms with Gasteiger partial charge in [-0.2, -0.15) is 5.10 Å². The van der Waals surface area contributed by atoms with E-state index in [0.29, 0.717) is 34.7 Å². The molecule has 36 heavy (non-hydrogen) atoms. The van der Waals surface area contributed by atoms with Crippen molar-refractivity contribution in [3.05, 3.63) is 53.9 Å². The maximum absolute atomic E-state index is 13.6. The highest BCUT2D eigenvalue weighted by Crippen LogP contribution is 2.40. The summed E-state index contributed by atoms with van der Waals surface area (Å²) in [6.45, 7) is 0.476. The predicted molar refractivity (Wildman–Crippen MR) is 132 cm³/mol. The van der Waals surface area contributed by atoms with Crippen LogP contribution in [0.5, 0.6) is 17.2 Å². The van der Waals surface area contributed by atoms with Gasteiger partial charge in [-0.05, 0) is 48.7 Å². The van der Waals surface area contributed by atoms with Crippen LogP contribution in [0.25, 0.3) is 11.0 Å². The fourth-order valence-corrected chi connectivity index (χ4v) is 5.19. The lowest BCUT2D eigenvalue weighted by atomic mass is 10.1. The normalized spacial score (nSPS) is 13.2. The number of aromatic nitrogens is 3. The third kappa shape index (κ3) is 4.55. The molecule has 10 nitrogen and oxygen atoms in total. The third-order valence-corrected chi connectivity index (χ3v) is 7.10. The molecule has 4 aromatic rings. The molecule has 2 heterocycles. The molecule has 0 spiro atoms. The highest BCUT2D eigenvalue weighted by atomic mass is 32.2. The number of anilines is 1. The Morgan fingerprint density at radius 2 is 1.94 bits per heavy atom. The topological polar surface area (TPSA) is 118 Å². The molecule has 0 saturated heterocycles. The van der Waals surface area contributed by atoms with Crippen molar-refractivity contribution in [2.75, 3.05) is 26.1 Å². The predicted octanol–water partition coefficient (Wildman–Crippen LogP) is 3.66. The van der Waals surface area contributed by atoms with Crippen LogP contribution in [0.3, 0.4) is 0 Å². The van der Waals surface area contributed by atoms with E-state index in [1.165, 1.54) is 21.3 Å². The lowest BCUT2D eigenvalue weighted by molar-refractivity contribution is 0.373. The smallest absolute Gasteiger partial charge is 0.270 e. The minimum Gasteiger partial charge on any atom is -0.496 e. The lowest BCUT2D eigenvalue weighted by Gasteiger charge is -2.15. The summed E-state index contributed by atoms with van der Waals surface area (Å²) in [5.41, 5.74) is 1.66. The first-order chi connectivity index (χ1) is 17.4. The highest BCUT2D eigenvalue weighted by Gasteiger charge is 2.30. The number of benzene rings is 2.